The second-order valence-corrected chi connectivity index (χ2v) is 6.17. The van der Waals surface area contributed by atoms with Crippen molar-refractivity contribution in [2.75, 3.05) is 12.9 Å². The van der Waals surface area contributed by atoms with Crippen LogP contribution in [0.5, 0.6) is 5.75 Å². The third-order valence-corrected chi connectivity index (χ3v) is 4.32. The van der Waals surface area contributed by atoms with Crippen LogP contribution < -0.4 is 10.1 Å². The molecule has 0 saturated carbocycles. The highest BCUT2D eigenvalue weighted by Crippen LogP contribution is 2.16. The summed E-state index contributed by atoms with van der Waals surface area (Å²) >= 11 is 7.41. The maximum atomic E-state index is 11.8. The zero-order valence-corrected chi connectivity index (χ0v) is 13.9. The molecule has 3 nitrogen and oxygen atoms in total. The molecule has 22 heavy (non-hydrogen) atoms. The first-order valence-electron chi connectivity index (χ1n) is 6.89. The number of amides is 1. The zero-order chi connectivity index (χ0) is 15.8. The van der Waals surface area contributed by atoms with E-state index in [0.717, 1.165) is 17.1 Å². The lowest BCUT2D eigenvalue weighted by atomic mass is 10.2. The van der Waals surface area contributed by atoms with Crippen LogP contribution in [0.1, 0.15) is 11.1 Å². The molecule has 0 radical (unpaired) electrons. The number of thioether (sulfide) groups is 1. The number of nitrogens with one attached hydrogen (secondary N) is 1. The highest BCUT2D eigenvalue weighted by Gasteiger charge is 2.03. The fourth-order valence-electron chi connectivity index (χ4n) is 1.84. The second kappa shape index (κ2) is 8.71. The van der Waals surface area contributed by atoms with E-state index in [2.05, 4.69) is 5.32 Å². The predicted molar refractivity (Wildman–Crippen MR) is 92.5 cm³/mol. The van der Waals surface area contributed by atoms with E-state index < -0.39 is 0 Å². The first kappa shape index (κ1) is 16.7. The monoisotopic (exact) mass is 335 g/mol. The van der Waals surface area contributed by atoms with E-state index in [1.54, 1.807) is 18.9 Å². The minimum Gasteiger partial charge on any atom is -0.497 e. The summed E-state index contributed by atoms with van der Waals surface area (Å²) in [5.41, 5.74) is 2.22. The normalized spacial score (nSPS) is 10.3. The number of ether oxygens (including phenoxy) is 1. The third-order valence-electron chi connectivity index (χ3n) is 3.06. The molecule has 0 aliphatic heterocycles. The molecular formula is C17H18ClNO2S. The summed E-state index contributed by atoms with van der Waals surface area (Å²) < 4.78 is 5.11. The summed E-state index contributed by atoms with van der Waals surface area (Å²) in [6.45, 7) is 0.527. The topological polar surface area (TPSA) is 38.3 Å². The maximum absolute atomic E-state index is 11.8. The van der Waals surface area contributed by atoms with Crippen molar-refractivity contribution >= 4 is 29.3 Å². The fraction of sp³-hybridized carbons (Fsp3) is 0.235. The van der Waals surface area contributed by atoms with E-state index in [-0.39, 0.29) is 5.91 Å². The van der Waals surface area contributed by atoms with Crippen LogP contribution in [0.3, 0.4) is 0 Å². The van der Waals surface area contributed by atoms with Gasteiger partial charge in [-0.3, -0.25) is 4.79 Å². The molecule has 0 unspecified atom stereocenters. The average molecular weight is 336 g/mol. The van der Waals surface area contributed by atoms with Crippen molar-refractivity contribution in [1.29, 1.82) is 0 Å². The Morgan fingerprint density at radius 2 is 1.73 bits per heavy atom. The van der Waals surface area contributed by atoms with Gasteiger partial charge in [-0.05, 0) is 35.4 Å². The minimum atomic E-state index is 0.0356. The van der Waals surface area contributed by atoms with E-state index in [9.17, 15) is 4.79 Å². The first-order chi connectivity index (χ1) is 10.7. The number of hydrogen-bond acceptors (Lipinski definition) is 3. The van der Waals surface area contributed by atoms with Crippen LogP contribution in [0.4, 0.5) is 0 Å². The Labute approximate surface area is 140 Å². The van der Waals surface area contributed by atoms with Gasteiger partial charge >= 0.3 is 0 Å². The summed E-state index contributed by atoms with van der Waals surface area (Å²) in [6, 6.07) is 15.3. The summed E-state index contributed by atoms with van der Waals surface area (Å²) in [6.07, 6.45) is 0. The number of hydrogen-bond donors (Lipinski definition) is 1. The highest BCUT2D eigenvalue weighted by molar-refractivity contribution is 7.99. The number of carbonyl (C=O) groups is 1. The summed E-state index contributed by atoms with van der Waals surface area (Å²) in [5, 5.41) is 3.60. The van der Waals surface area contributed by atoms with Crippen molar-refractivity contribution < 1.29 is 9.53 Å². The van der Waals surface area contributed by atoms with Crippen LogP contribution in [0.2, 0.25) is 5.02 Å². The molecule has 0 aliphatic carbocycles. The van der Waals surface area contributed by atoms with Gasteiger partial charge in [-0.2, -0.15) is 0 Å². The summed E-state index contributed by atoms with van der Waals surface area (Å²) in [5.74, 6) is 2.13. The van der Waals surface area contributed by atoms with Crippen LogP contribution in [0.25, 0.3) is 0 Å². The van der Waals surface area contributed by atoms with Crippen LogP contribution in [-0.2, 0) is 17.1 Å². The molecule has 2 rings (SSSR count). The van der Waals surface area contributed by atoms with Gasteiger partial charge < -0.3 is 10.1 Å². The highest BCUT2D eigenvalue weighted by atomic mass is 35.5. The second-order valence-electron chi connectivity index (χ2n) is 4.74. The number of carbonyl (C=O) groups excluding carboxylic acids is 1. The molecule has 1 N–H and O–H groups in total. The molecule has 0 aromatic heterocycles. The van der Waals surface area contributed by atoms with Gasteiger partial charge in [-0.1, -0.05) is 35.9 Å². The lowest BCUT2D eigenvalue weighted by Gasteiger charge is -2.06. The SMILES string of the molecule is COc1ccc(CSCC(=O)NCc2ccc(Cl)cc2)cc1. The Bertz CT molecular complexity index is 599. The van der Waals surface area contributed by atoms with Crippen molar-refractivity contribution in [2.45, 2.75) is 12.3 Å². The standard InChI is InChI=1S/C17H18ClNO2S/c1-21-16-8-4-14(5-9-16)11-22-12-17(20)19-10-13-2-6-15(18)7-3-13/h2-9H,10-12H2,1H3,(H,19,20). The Hall–Kier alpha value is -1.65. The molecular weight excluding hydrogens is 318 g/mol. The van der Waals surface area contributed by atoms with Gasteiger partial charge in [0.15, 0.2) is 0 Å². The largest absolute Gasteiger partial charge is 0.497 e. The Morgan fingerprint density at radius 1 is 1.09 bits per heavy atom. The predicted octanol–water partition coefficient (Wildman–Crippen LogP) is 3.90. The molecule has 5 heteroatoms. The van der Waals surface area contributed by atoms with Crippen LogP contribution in [0, 0.1) is 0 Å². The van der Waals surface area contributed by atoms with Gasteiger partial charge in [-0.25, -0.2) is 0 Å². The molecule has 1 amide bonds. The molecule has 0 fully saturated rings. The number of rotatable bonds is 7. The lowest BCUT2D eigenvalue weighted by Crippen LogP contribution is -2.24. The van der Waals surface area contributed by atoms with Crippen LogP contribution in [0.15, 0.2) is 48.5 Å². The summed E-state index contributed by atoms with van der Waals surface area (Å²) in [4.78, 5) is 11.8. The number of benzene rings is 2. The first-order valence-corrected chi connectivity index (χ1v) is 8.42. The fourth-order valence-corrected chi connectivity index (χ4v) is 2.78. The molecule has 0 bridgehead atoms. The summed E-state index contributed by atoms with van der Waals surface area (Å²) in [7, 11) is 1.65. The maximum Gasteiger partial charge on any atom is 0.230 e. The Morgan fingerprint density at radius 3 is 2.36 bits per heavy atom. The smallest absolute Gasteiger partial charge is 0.230 e. The van der Waals surface area contributed by atoms with E-state index in [1.165, 1.54) is 5.56 Å². The van der Waals surface area contributed by atoms with E-state index in [0.29, 0.717) is 17.3 Å². The minimum absolute atomic E-state index is 0.0356. The number of methoxy groups -OCH3 is 1. The number of halogens is 1. The van der Waals surface area contributed by atoms with E-state index in [4.69, 9.17) is 16.3 Å². The molecule has 0 saturated heterocycles. The lowest BCUT2D eigenvalue weighted by molar-refractivity contribution is -0.118. The van der Waals surface area contributed by atoms with Crippen LogP contribution in [-0.4, -0.2) is 18.8 Å². The van der Waals surface area contributed by atoms with Crippen molar-refractivity contribution in [3.05, 3.63) is 64.7 Å². The molecule has 116 valence electrons. The molecule has 0 aliphatic rings. The molecule has 2 aromatic carbocycles. The average Bonchev–Trinajstić information content (AvgIpc) is 2.55. The van der Waals surface area contributed by atoms with Crippen LogP contribution >= 0.6 is 23.4 Å². The van der Waals surface area contributed by atoms with Crippen molar-refractivity contribution in [2.24, 2.45) is 0 Å². The van der Waals surface area contributed by atoms with Gasteiger partial charge in [0.2, 0.25) is 5.91 Å². The molecule has 0 atom stereocenters. The third kappa shape index (κ3) is 5.62. The van der Waals surface area contributed by atoms with Crippen molar-refractivity contribution in [1.82, 2.24) is 5.32 Å². The quantitative estimate of drug-likeness (QED) is 0.834. The van der Waals surface area contributed by atoms with Crippen molar-refractivity contribution in [3.8, 4) is 5.75 Å². The van der Waals surface area contributed by atoms with Gasteiger partial charge in [0.1, 0.15) is 5.75 Å². The Kier molecular flexibility index (Phi) is 6.62. The van der Waals surface area contributed by atoms with Gasteiger partial charge in [0.05, 0.1) is 12.9 Å². The molecule has 2 aromatic rings. The van der Waals surface area contributed by atoms with Gasteiger partial charge in [0, 0.05) is 17.3 Å². The van der Waals surface area contributed by atoms with Gasteiger partial charge in [0.25, 0.3) is 0 Å². The van der Waals surface area contributed by atoms with Gasteiger partial charge in [-0.15, -0.1) is 11.8 Å². The van der Waals surface area contributed by atoms with E-state index >= 15 is 0 Å². The molecule has 0 heterocycles. The molecule has 0 spiro atoms. The van der Waals surface area contributed by atoms with E-state index in [1.807, 2.05) is 48.5 Å². The zero-order valence-electron chi connectivity index (χ0n) is 12.3. The van der Waals surface area contributed by atoms with Crippen molar-refractivity contribution in [3.63, 3.8) is 0 Å². The Balaban J connectivity index is 1.67.